The summed E-state index contributed by atoms with van der Waals surface area (Å²) < 4.78 is 0. The molecular weight excluding hydrogens is 212 g/mol. The number of hydrogen-bond donors (Lipinski definition) is 2. The lowest BCUT2D eigenvalue weighted by molar-refractivity contribution is 0.687. The highest BCUT2D eigenvalue weighted by molar-refractivity contribution is 8.06. The van der Waals surface area contributed by atoms with Gasteiger partial charge in [-0.3, -0.25) is 0 Å². The van der Waals surface area contributed by atoms with Crippen LogP contribution in [0, 0.1) is 0 Å². The van der Waals surface area contributed by atoms with Gasteiger partial charge in [0.25, 0.3) is 0 Å². The zero-order valence-electron chi connectivity index (χ0n) is 8.16. The van der Waals surface area contributed by atoms with E-state index in [0.717, 1.165) is 18.3 Å². The van der Waals surface area contributed by atoms with Gasteiger partial charge < -0.3 is 10.3 Å². The molecule has 0 saturated carbocycles. The Bertz CT molecular complexity index is 243. The van der Waals surface area contributed by atoms with Gasteiger partial charge in [0.2, 0.25) is 0 Å². The van der Waals surface area contributed by atoms with E-state index in [2.05, 4.69) is 46.1 Å². The molecule has 1 unspecified atom stereocenters. The van der Waals surface area contributed by atoms with Crippen LogP contribution in [0.5, 0.6) is 0 Å². The maximum absolute atomic E-state index is 3.50. The molecule has 14 heavy (non-hydrogen) atoms. The van der Waals surface area contributed by atoms with E-state index in [0.29, 0.717) is 0 Å². The molecule has 1 atom stereocenters. The van der Waals surface area contributed by atoms with Crippen molar-refractivity contribution in [1.82, 2.24) is 10.3 Å². The van der Waals surface area contributed by atoms with Crippen molar-refractivity contribution in [3.05, 3.63) is 24.0 Å². The third-order valence-electron chi connectivity index (χ3n) is 2.25. The van der Waals surface area contributed by atoms with E-state index in [1.165, 1.54) is 22.8 Å². The molecule has 0 amide bonds. The predicted molar refractivity (Wildman–Crippen MR) is 66.1 cm³/mol. The SMILES string of the molecule is c1cc(CNCC2CSCCS2)c[nH]1. The summed E-state index contributed by atoms with van der Waals surface area (Å²) in [4.78, 5) is 3.07. The van der Waals surface area contributed by atoms with Crippen LogP contribution in [0.15, 0.2) is 18.5 Å². The predicted octanol–water partition coefficient (Wildman–Crippen LogP) is 1.95. The molecule has 1 aromatic heterocycles. The average Bonchev–Trinajstić information content (AvgIpc) is 2.72. The van der Waals surface area contributed by atoms with Crippen LogP contribution in [0.3, 0.4) is 0 Å². The van der Waals surface area contributed by atoms with Crippen LogP contribution in [0.25, 0.3) is 0 Å². The fourth-order valence-electron chi connectivity index (χ4n) is 1.50. The van der Waals surface area contributed by atoms with E-state index < -0.39 is 0 Å². The summed E-state index contributed by atoms with van der Waals surface area (Å²) in [5.41, 5.74) is 1.35. The molecule has 4 heteroatoms. The van der Waals surface area contributed by atoms with Crippen LogP contribution in [-0.2, 0) is 6.54 Å². The van der Waals surface area contributed by atoms with E-state index in [1.807, 2.05) is 6.20 Å². The Morgan fingerprint density at radius 2 is 2.50 bits per heavy atom. The molecule has 1 saturated heterocycles. The smallest absolute Gasteiger partial charge is 0.0263 e. The van der Waals surface area contributed by atoms with Crippen molar-refractivity contribution in [2.24, 2.45) is 0 Å². The molecule has 2 N–H and O–H groups in total. The number of nitrogens with one attached hydrogen (secondary N) is 2. The Balaban J connectivity index is 1.62. The van der Waals surface area contributed by atoms with E-state index in [1.54, 1.807) is 0 Å². The topological polar surface area (TPSA) is 27.8 Å². The Kier molecular flexibility index (Phi) is 4.28. The van der Waals surface area contributed by atoms with Crippen molar-refractivity contribution < 1.29 is 0 Å². The average molecular weight is 228 g/mol. The minimum absolute atomic E-state index is 0.813. The molecule has 0 spiro atoms. The molecule has 0 aromatic carbocycles. The maximum atomic E-state index is 3.50. The van der Waals surface area contributed by atoms with E-state index in [-0.39, 0.29) is 0 Å². The maximum Gasteiger partial charge on any atom is 0.0263 e. The first-order valence-corrected chi connectivity index (χ1v) is 7.17. The summed E-state index contributed by atoms with van der Waals surface area (Å²) in [6.45, 7) is 2.13. The number of hydrogen-bond acceptors (Lipinski definition) is 3. The number of aromatic nitrogens is 1. The fraction of sp³-hybridized carbons (Fsp3) is 0.600. The van der Waals surface area contributed by atoms with Gasteiger partial charge in [-0.1, -0.05) is 0 Å². The molecule has 0 radical (unpaired) electrons. The van der Waals surface area contributed by atoms with Gasteiger partial charge in [-0.25, -0.2) is 0 Å². The summed E-state index contributed by atoms with van der Waals surface area (Å²) in [5.74, 6) is 3.96. The molecule has 1 fully saturated rings. The summed E-state index contributed by atoms with van der Waals surface area (Å²) in [7, 11) is 0. The summed E-state index contributed by atoms with van der Waals surface area (Å²) >= 11 is 4.19. The summed E-state index contributed by atoms with van der Waals surface area (Å²) in [6.07, 6.45) is 4.03. The van der Waals surface area contributed by atoms with E-state index in [9.17, 15) is 0 Å². The fourth-order valence-corrected chi connectivity index (χ4v) is 4.15. The minimum atomic E-state index is 0.813. The first-order valence-electron chi connectivity index (χ1n) is 4.97. The molecule has 2 nitrogen and oxygen atoms in total. The van der Waals surface area contributed by atoms with Crippen LogP contribution in [0.2, 0.25) is 0 Å². The highest BCUT2D eigenvalue weighted by Crippen LogP contribution is 2.23. The lowest BCUT2D eigenvalue weighted by Gasteiger charge is -2.20. The Labute approximate surface area is 93.6 Å². The number of aromatic amines is 1. The van der Waals surface area contributed by atoms with Gasteiger partial charge in [0, 0.05) is 48.0 Å². The van der Waals surface area contributed by atoms with Gasteiger partial charge in [0.1, 0.15) is 0 Å². The second-order valence-corrected chi connectivity index (χ2v) is 5.98. The van der Waals surface area contributed by atoms with Gasteiger partial charge >= 0.3 is 0 Å². The molecular formula is C10H16N2S2. The van der Waals surface area contributed by atoms with Crippen LogP contribution >= 0.6 is 23.5 Å². The zero-order chi connectivity index (χ0) is 9.64. The van der Waals surface area contributed by atoms with Crippen LogP contribution in [0.1, 0.15) is 5.56 Å². The first kappa shape index (κ1) is 10.5. The largest absolute Gasteiger partial charge is 0.367 e. The standard InChI is InChI=1S/C10H16N2S2/c1-2-11-5-9(1)6-12-7-10-8-13-3-4-14-10/h1-2,5,10-12H,3-4,6-8H2. The Morgan fingerprint density at radius 3 is 3.21 bits per heavy atom. The number of H-pyrrole nitrogens is 1. The minimum Gasteiger partial charge on any atom is -0.367 e. The monoisotopic (exact) mass is 228 g/mol. The number of thioether (sulfide) groups is 2. The third-order valence-corrected chi connectivity index (χ3v) is 5.09. The Hall–Kier alpha value is -0.0600. The van der Waals surface area contributed by atoms with Gasteiger partial charge in [-0.2, -0.15) is 23.5 Å². The zero-order valence-corrected chi connectivity index (χ0v) is 9.79. The first-order chi connectivity index (χ1) is 6.95. The highest BCUT2D eigenvalue weighted by atomic mass is 32.2. The molecule has 78 valence electrons. The molecule has 2 heterocycles. The molecule has 2 rings (SSSR count). The van der Waals surface area contributed by atoms with Gasteiger partial charge in [0.05, 0.1) is 0 Å². The lowest BCUT2D eigenvalue weighted by Crippen LogP contribution is -2.28. The Morgan fingerprint density at radius 1 is 1.50 bits per heavy atom. The van der Waals surface area contributed by atoms with Crippen molar-refractivity contribution in [3.8, 4) is 0 Å². The third kappa shape index (κ3) is 3.26. The lowest BCUT2D eigenvalue weighted by atomic mass is 10.3. The number of rotatable bonds is 4. The van der Waals surface area contributed by atoms with Crippen molar-refractivity contribution in [3.63, 3.8) is 0 Å². The molecule has 1 aromatic rings. The second kappa shape index (κ2) is 5.73. The quantitative estimate of drug-likeness (QED) is 0.825. The van der Waals surface area contributed by atoms with Crippen LogP contribution in [-0.4, -0.2) is 34.0 Å². The van der Waals surface area contributed by atoms with E-state index >= 15 is 0 Å². The van der Waals surface area contributed by atoms with Crippen molar-refractivity contribution in [1.29, 1.82) is 0 Å². The van der Waals surface area contributed by atoms with Gasteiger partial charge in [0.15, 0.2) is 0 Å². The van der Waals surface area contributed by atoms with Crippen LogP contribution < -0.4 is 5.32 Å². The van der Waals surface area contributed by atoms with E-state index in [4.69, 9.17) is 0 Å². The van der Waals surface area contributed by atoms with Gasteiger partial charge in [-0.05, 0) is 11.6 Å². The normalized spacial score (nSPS) is 22.4. The highest BCUT2D eigenvalue weighted by Gasteiger charge is 2.13. The molecule has 0 bridgehead atoms. The van der Waals surface area contributed by atoms with Crippen molar-refractivity contribution in [2.45, 2.75) is 11.8 Å². The molecule has 1 aliphatic heterocycles. The summed E-state index contributed by atoms with van der Waals surface area (Å²) in [6, 6.07) is 2.12. The molecule has 1 aliphatic rings. The summed E-state index contributed by atoms with van der Waals surface area (Å²) in [5, 5.41) is 4.32. The van der Waals surface area contributed by atoms with Gasteiger partial charge in [-0.15, -0.1) is 0 Å². The van der Waals surface area contributed by atoms with Crippen LogP contribution in [0.4, 0.5) is 0 Å². The second-order valence-electron chi connectivity index (χ2n) is 3.42. The molecule has 0 aliphatic carbocycles. The van der Waals surface area contributed by atoms with Crippen molar-refractivity contribution >= 4 is 23.5 Å². The van der Waals surface area contributed by atoms with Crippen molar-refractivity contribution in [2.75, 3.05) is 23.8 Å².